The highest BCUT2D eigenvalue weighted by molar-refractivity contribution is 7.13. The summed E-state index contributed by atoms with van der Waals surface area (Å²) in [5, 5.41) is 11.7. The first-order valence-electron chi connectivity index (χ1n) is 8.41. The molecule has 23 heavy (non-hydrogen) atoms. The van der Waals surface area contributed by atoms with Crippen LogP contribution in [0.3, 0.4) is 0 Å². The topological polar surface area (TPSA) is 51.1 Å². The van der Waals surface area contributed by atoms with Crippen molar-refractivity contribution in [2.24, 2.45) is 5.92 Å². The maximum Gasteiger partial charge on any atom is 0.233 e. The summed E-state index contributed by atoms with van der Waals surface area (Å²) in [5.41, 5.74) is 2.23. The van der Waals surface area contributed by atoms with E-state index in [2.05, 4.69) is 38.5 Å². The SMILES string of the molecule is Cc1csc(N2CCC(COc3ccc(C4CC4)nn3)CC2)n1. The molecule has 0 amide bonds. The van der Waals surface area contributed by atoms with Gasteiger partial charge in [0.1, 0.15) is 0 Å². The van der Waals surface area contributed by atoms with E-state index >= 15 is 0 Å². The number of aromatic nitrogens is 3. The van der Waals surface area contributed by atoms with Crippen LogP contribution in [0, 0.1) is 12.8 Å². The van der Waals surface area contributed by atoms with Gasteiger partial charge in [0.15, 0.2) is 5.13 Å². The minimum absolute atomic E-state index is 0.595. The standard InChI is InChI=1S/C17H22N4OS/c1-12-11-23-17(18-12)21-8-6-13(7-9-21)10-22-16-5-4-15(19-20-16)14-2-3-14/h4-5,11,13-14H,2-3,6-10H2,1H3. The summed E-state index contributed by atoms with van der Waals surface area (Å²) in [7, 11) is 0. The van der Waals surface area contributed by atoms with E-state index in [1.807, 2.05) is 6.07 Å². The van der Waals surface area contributed by atoms with Gasteiger partial charge in [-0.15, -0.1) is 16.4 Å². The molecular weight excluding hydrogens is 308 g/mol. The third-order valence-corrected chi connectivity index (χ3v) is 5.63. The average molecular weight is 330 g/mol. The summed E-state index contributed by atoms with van der Waals surface area (Å²) in [5.74, 6) is 1.90. The van der Waals surface area contributed by atoms with Gasteiger partial charge in [-0.3, -0.25) is 0 Å². The lowest BCUT2D eigenvalue weighted by Gasteiger charge is -2.31. The van der Waals surface area contributed by atoms with Gasteiger partial charge >= 0.3 is 0 Å². The van der Waals surface area contributed by atoms with Crippen LogP contribution in [0.4, 0.5) is 5.13 Å². The Balaban J connectivity index is 1.24. The van der Waals surface area contributed by atoms with Crippen molar-refractivity contribution >= 4 is 16.5 Å². The van der Waals surface area contributed by atoms with Gasteiger partial charge in [0.05, 0.1) is 18.0 Å². The van der Waals surface area contributed by atoms with Crippen LogP contribution in [0.25, 0.3) is 0 Å². The van der Waals surface area contributed by atoms with Crippen molar-refractivity contribution in [2.75, 3.05) is 24.6 Å². The molecule has 122 valence electrons. The highest BCUT2D eigenvalue weighted by atomic mass is 32.1. The Morgan fingerprint density at radius 2 is 2.00 bits per heavy atom. The number of aryl methyl sites for hydroxylation is 1. The maximum atomic E-state index is 5.84. The lowest BCUT2D eigenvalue weighted by molar-refractivity contribution is 0.214. The molecule has 1 aliphatic carbocycles. The molecule has 0 unspecified atom stereocenters. The highest BCUT2D eigenvalue weighted by Gasteiger charge is 2.25. The van der Waals surface area contributed by atoms with Crippen LogP contribution < -0.4 is 9.64 Å². The van der Waals surface area contributed by atoms with Gasteiger partial charge in [-0.25, -0.2) is 4.98 Å². The first-order chi connectivity index (χ1) is 11.3. The fourth-order valence-corrected chi connectivity index (χ4v) is 3.84. The molecule has 0 radical (unpaired) electrons. The summed E-state index contributed by atoms with van der Waals surface area (Å²) < 4.78 is 5.84. The van der Waals surface area contributed by atoms with Crippen molar-refractivity contribution in [2.45, 2.75) is 38.5 Å². The van der Waals surface area contributed by atoms with E-state index in [1.165, 1.54) is 12.8 Å². The number of nitrogens with zero attached hydrogens (tertiary/aromatic N) is 4. The van der Waals surface area contributed by atoms with Crippen molar-refractivity contribution in [3.63, 3.8) is 0 Å². The van der Waals surface area contributed by atoms with Gasteiger partial charge in [-0.1, -0.05) is 0 Å². The summed E-state index contributed by atoms with van der Waals surface area (Å²) >= 11 is 1.74. The second-order valence-electron chi connectivity index (χ2n) is 6.58. The molecule has 2 fully saturated rings. The molecule has 3 heterocycles. The van der Waals surface area contributed by atoms with E-state index in [1.54, 1.807) is 11.3 Å². The van der Waals surface area contributed by atoms with Gasteiger partial charge in [0.2, 0.25) is 5.88 Å². The summed E-state index contributed by atoms with van der Waals surface area (Å²) in [6, 6.07) is 4.03. The molecule has 0 atom stereocenters. The lowest BCUT2D eigenvalue weighted by Crippen LogP contribution is -2.35. The van der Waals surface area contributed by atoms with Crippen molar-refractivity contribution in [3.05, 3.63) is 28.9 Å². The summed E-state index contributed by atoms with van der Waals surface area (Å²) in [6.45, 7) is 4.92. The number of anilines is 1. The molecule has 5 nitrogen and oxygen atoms in total. The van der Waals surface area contributed by atoms with Gasteiger partial charge < -0.3 is 9.64 Å². The molecule has 0 bridgehead atoms. The molecule has 2 aromatic rings. The Hall–Kier alpha value is -1.69. The van der Waals surface area contributed by atoms with Crippen LogP contribution in [0.5, 0.6) is 5.88 Å². The van der Waals surface area contributed by atoms with Gasteiger partial charge in [-0.05, 0) is 44.6 Å². The first kappa shape index (κ1) is 14.9. The smallest absolute Gasteiger partial charge is 0.233 e. The first-order valence-corrected chi connectivity index (χ1v) is 9.29. The lowest BCUT2D eigenvalue weighted by atomic mass is 9.98. The number of piperidine rings is 1. The third-order valence-electron chi connectivity index (χ3n) is 4.62. The van der Waals surface area contributed by atoms with E-state index in [-0.39, 0.29) is 0 Å². The fourth-order valence-electron chi connectivity index (χ4n) is 2.99. The van der Waals surface area contributed by atoms with E-state index in [4.69, 9.17) is 4.74 Å². The average Bonchev–Trinajstić information content (AvgIpc) is 3.35. The molecule has 0 spiro atoms. The van der Waals surface area contributed by atoms with Gasteiger partial charge in [-0.2, -0.15) is 5.10 Å². The monoisotopic (exact) mass is 330 g/mol. The summed E-state index contributed by atoms with van der Waals surface area (Å²) in [4.78, 5) is 6.96. The number of hydrogen-bond donors (Lipinski definition) is 0. The predicted octanol–water partition coefficient (Wildman–Crippen LogP) is 3.41. The van der Waals surface area contributed by atoms with E-state index in [9.17, 15) is 0 Å². The summed E-state index contributed by atoms with van der Waals surface area (Å²) in [6.07, 6.45) is 4.80. The fraction of sp³-hybridized carbons (Fsp3) is 0.588. The zero-order valence-electron chi connectivity index (χ0n) is 13.4. The molecule has 1 saturated carbocycles. The molecule has 1 saturated heterocycles. The molecule has 0 aromatic carbocycles. The van der Waals surface area contributed by atoms with E-state index in [0.29, 0.717) is 17.7 Å². The Morgan fingerprint density at radius 1 is 1.17 bits per heavy atom. The number of rotatable bonds is 5. The van der Waals surface area contributed by atoms with E-state index in [0.717, 1.165) is 49.1 Å². The van der Waals surface area contributed by atoms with Crippen LogP contribution in [0.15, 0.2) is 17.5 Å². The van der Waals surface area contributed by atoms with Crippen LogP contribution >= 0.6 is 11.3 Å². The van der Waals surface area contributed by atoms with Crippen molar-refractivity contribution in [1.29, 1.82) is 0 Å². The zero-order valence-corrected chi connectivity index (χ0v) is 14.3. The maximum absolute atomic E-state index is 5.84. The van der Waals surface area contributed by atoms with E-state index < -0.39 is 0 Å². The minimum atomic E-state index is 0.595. The minimum Gasteiger partial charge on any atom is -0.476 e. The molecule has 2 aliphatic rings. The second kappa shape index (κ2) is 6.43. The largest absolute Gasteiger partial charge is 0.476 e. The number of thiazole rings is 1. The van der Waals surface area contributed by atoms with Crippen molar-refractivity contribution in [1.82, 2.24) is 15.2 Å². The quantitative estimate of drug-likeness (QED) is 0.841. The number of hydrogen-bond acceptors (Lipinski definition) is 6. The normalized spacial score (nSPS) is 19.1. The van der Waals surface area contributed by atoms with Crippen LogP contribution in [-0.4, -0.2) is 34.9 Å². The van der Waals surface area contributed by atoms with Gasteiger partial charge in [0.25, 0.3) is 0 Å². The molecular formula is C17H22N4OS. The molecule has 2 aromatic heterocycles. The molecule has 0 N–H and O–H groups in total. The van der Waals surface area contributed by atoms with Crippen LogP contribution in [0.2, 0.25) is 0 Å². The number of ether oxygens (including phenoxy) is 1. The Kier molecular flexibility index (Phi) is 4.16. The van der Waals surface area contributed by atoms with Crippen LogP contribution in [0.1, 0.15) is 43.0 Å². The molecule has 6 heteroatoms. The Bertz CT molecular complexity index is 645. The molecule has 4 rings (SSSR count). The molecule has 1 aliphatic heterocycles. The Labute approximate surface area is 140 Å². The van der Waals surface area contributed by atoms with Gasteiger partial charge in [0, 0.05) is 30.5 Å². The third kappa shape index (κ3) is 3.63. The highest BCUT2D eigenvalue weighted by Crippen LogP contribution is 2.38. The zero-order chi connectivity index (χ0) is 15.6. The predicted molar refractivity (Wildman–Crippen MR) is 91.3 cm³/mol. The Morgan fingerprint density at radius 3 is 2.61 bits per heavy atom. The van der Waals surface area contributed by atoms with Crippen molar-refractivity contribution < 1.29 is 4.74 Å². The van der Waals surface area contributed by atoms with Crippen LogP contribution in [-0.2, 0) is 0 Å². The second-order valence-corrected chi connectivity index (χ2v) is 7.42. The van der Waals surface area contributed by atoms with Crippen molar-refractivity contribution in [3.8, 4) is 5.88 Å².